The van der Waals surface area contributed by atoms with Gasteiger partial charge in [-0.05, 0) is 127 Å². The van der Waals surface area contributed by atoms with E-state index in [9.17, 15) is 15.0 Å². The first kappa shape index (κ1) is 30.8. The lowest BCUT2D eigenvalue weighted by atomic mass is 9.76. The Kier molecular flexibility index (Phi) is 10.1. The van der Waals surface area contributed by atoms with Gasteiger partial charge < -0.3 is 14.9 Å². The molecule has 0 aliphatic rings. The van der Waals surface area contributed by atoms with Gasteiger partial charge in [-0.15, -0.1) is 0 Å². The average molecular weight is 893 g/mol. The highest BCUT2D eigenvalue weighted by molar-refractivity contribution is 14.1. The van der Waals surface area contributed by atoms with Crippen molar-refractivity contribution < 1.29 is 19.7 Å². The molecule has 5 aromatic rings. The second kappa shape index (κ2) is 13.7. The van der Waals surface area contributed by atoms with Crippen LogP contribution < -0.4 is 10.1 Å². The van der Waals surface area contributed by atoms with E-state index < -0.39 is 17.6 Å². The zero-order valence-corrected chi connectivity index (χ0v) is 28.6. The van der Waals surface area contributed by atoms with E-state index in [1.54, 1.807) is 18.2 Å². The molecule has 0 radical (unpaired) electrons. The van der Waals surface area contributed by atoms with Crippen molar-refractivity contribution in [2.45, 2.75) is 18.0 Å². The number of carbonyl (C=O) groups is 1. The second-order valence-electron chi connectivity index (χ2n) is 9.69. The second-order valence-corrected chi connectivity index (χ2v) is 13.2. The Bertz CT molecular complexity index is 1560. The fourth-order valence-electron chi connectivity index (χ4n) is 5.01. The van der Waals surface area contributed by atoms with Gasteiger partial charge in [0.25, 0.3) is 0 Å². The number of nitrogens with one attached hydrogen (secondary N) is 1. The number of carboxylic acids is 1. The van der Waals surface area contributed by atoms with E-state index in [4.69, 9.17) is 4.74 Å². The smallest absolute Gasteiger partial charge is 0.321 e. The Labute approximate surface area is 285 Å². The molecule has 0 aliphatic heterocycles. The number of halogens is 3. The number of aromatic hydroxyl groups is 1. The number of hydrogen-bond acceptors (Lipinski definition) is 4. The summed E-state index contributed by atoms with van der Waals surface area (Å²) in [4.78, 5) is 12.9. The number of carboxylic acid groups (broad SMARTS) is 1. The van der Waals surface area contributed by atoms with E-state index in [2.05, 4.69) is 73.1 Å². The first-order chi connectivity index (χ1) is 20.3. The topological polar surface area (TPSA) is 78.8 Å². The molecular formula is C34H26I3NO4. The van der Waals surface area contributed by atoms with Crippen molar-refractivity contribution in [3.8, 4) is 17.2 Å². The summed E-state index contributed by atoms with van der Waals surface area (Å²) in [5.41, 5.74) is 2.81. The SMILES string of the molecule is O=C(O)C(Cc1cc(I)c(Oc2ccc(O)c(I)c2)c(I)c1)NC(c1ccccc1)(c1ccccc1)c1ccccc1. The van der Waals surface area contributed by atoms with Crippen molar-refractivity contribution in [2.75, 3.05) is 0 Å². The number of aliphatic carboxylic acids is 1. The van der Waals surface area contributed by atoms with Gasteiger partial charge in [-0.1, -0.05) is 91.0 Å². The summed E-state index contributed by atoms with van der Waals surface area (Å²) in [6.07, 6.45) is 0.257. The van der Waals surface area contributed by atoms with Crippen LogP contribution >= 0.6 is 67.8 Å². The molecule has 5 aromatic carbocycles. The monoisotopic (exact) mass is 893 g/mol. The van der Waals surface area contributed by atoms with Gasteiger partial charge in [0.2, 0.25) is 0 Å². The quantitative estimate of drug-likeness (QED) is 0.0969. The maximum Gasteiger partial charge on any atom is 0.321 e. The normalized spacial score (nSPS) is 12.1. The van der Waals surface area contributed by atoms with E-state index >= 15 is 0 Å². The van der Waals surface area contributed by atoms with Crippen molar-refractivity contribution in [1.82, 2.24) is 5.32 Å². The van der Waals surface area contributed by atoms with E-state index in [0.29, 0.717) is 15.1 Å². The number of benzene rings is 5. The van der Waals surface area contributed by atoms with Crippen LogP contribution in [0.25, 0.3) is 0 Å². The molecule has 0 amide bonds. The molecule has 0 bridgehead atoms. The lowest BCUT2D eigenvalue weighted by molar-refractivity contribution is -0.139. The molecule has 3 N–H and O–H groups in total. The minimum atomic E-state index is -0.939. The molecule has 0 fully saturated rings. The third-order valence-electron chi connectivity index (χ3n) is 6.95. The molecule has 212 valence electrons. The highest BCUT2D eigenvalue weighted by atomic mass is 127. The Balaban J connectivity index is 1.54. The summed E-state index contributed by atoms with van der Waals surface area (Å²) < 4.78 is 8.60. The average Bonchev–Trinajstić information content (AvgIpc) is 3.00. The van der Waals surface area contributed by atoms with E-state index in [1.165, 1.54) is 0 Å². The molecule has 1 unspecified atom stereocenters. The summed E-state index contributed by atoms with van der Waals surface area (Å²) in [7, 11) is 0. The van der Waals surface area contributed by atoms with Crippen molar-refractivity contribution in [3.63, 3.8) is 0 Å². The maximum absolute atomic E-state index is 12.9. The molecule has 1 atom stereocenters. The zero-order chi connectivity index (χ0) is 29.7. The van der Waals surface area contributed by atoms with Crippen LogP contribution in [0.2, 0.25) is 0 Å². The first-order valence-corrected chi connectivity index (χ1v) is 16.3. The first-order valence-electron chi connectivity index (χ1n) is 13.1. The van der Waals surface area contributed by atoms with E-state index in [0.717, 1.165) is 29.4 Å². The van der Waals surface area contributed by atoms with Gasteiger partial charge in [-0.25, -0.2) is 0 Å². The summed E-state index contributed by atoms with van der Waals surface area (Å²) >= 11 is 6.51. The molecule has 0 saturated heterocycles. The lowest BCUT2D eigenvalue weighted by Crippen LogP contribution is -2.53. The minimum absolute atomic E-state index is 0.201. The predicted octanol–water partition coefficient (Wildman–Crippen LogP) is 8.58. The highest BCUT2D eigenvalue weighted by Gasteiger charge is 2.40. The Morgan fingerprint density at radius 1 is 0.714 bits per heavy atom. The van der Waals surface area contributed by atoms with Gasteiger partial charge in [0.1, 0.15) is 17.5 Å². The summed E-state index contributed by atoms with van der Waals surface area (Å²) in [6, 6.07) is 38.1. The van der Waals surface area contributed by atoms with Crippen molar-refractivity contribution >= 4 is 73.7 Å². The van der Waals surface area contributed by atoms with E-state index in [1.807, 2.05) is 103 Å². The molecule has 5 nitrogen and oxygen atoms in total. The van der Waals surface area contributed by atoms with Crippen molar-refractivity contribution in [1.29, 1.82) is 0 Å². The molecular weight excluding hydrogens is 867 g/mol. The number of hydrogen-bond donors (Lipinski definition) is 3. The largest absolute Gasteiger partial charge is 0.507 e. The van der Waals surface area contributed by atoms with Gasteiger partial charge in [0.15, 0.2) is 5.75 Å². The van der Waals surface area contributed by atoms with Crippen LogP contribution in [0.15, 0.2) is 121 Å². The van der Waals surface area contributed by atoms with Crippen LogP contribution in [0.4, 0.5) is 0 Å². The third-order valence-corrected chi connectivity index (χ3v) is 9.41. The fourth-order valence-corrected chi connectivity index (χ4v) is 7.61. The van der Waals surface area contributed by atoms with Gasteiger partial charge in [-0.3, -0.25) is 10.1 Å². The lowest BCUT2D eigenvalue weighted by Gasteiger charge is -2.39. The molecule has 0 aromatic heterocycles. The Hall–Kier alpha value is -2.68. The number of ether oxygens (including phenoxy) is 1. The van der Waals surface area contributed by atoms with Crippen molar-refractivity contribution in [2.24, 2.45) is 0 Å². The third kappa shape index (κ3) is 6.76. The molecule has 42 heavy (non-hydrogen) atoms. The van der Waals surface area contributed by atoms with Crippen LogP contribution in [0.1, 0.15) is 22.3 Å². The number of phenols is 1. The van der Waals surface area contributed by atoms with E-state index in [-0.39, 0.29) is 12.2 Å². The van der Waals surface area contributed by atoms with Crippen LogP contribution in [-0.2, 0) is 16.8 Å². The van der Waals surface area contributed by atoms with Crippen molar-refractivity contribution in [3.05, 3.63) is 154 Å². The standard InChI is InChI=1S/C34H26I3NO4/c35-27-21-26(16-17-31(27)39)42-32-28(36)18-22(19-29(32)37)20-30(33(40)41)38-34(23-10-4-1-5-11-23,24-12-6-2-7-13-24)25-14-8-3-9-15-25/h1-19,21,30,38-39H,20H2,(H,40,41). The molecule has 5 rings (SSSR count). The number of phenolic OH excluding ortho intramolecular Hbond substituents is 1. The van der Waals surface area contributed by atoms with Crippen LogP contribution in [0.3, 0.4) is 0 Å². The number of rotatable bonds is 10. The van der Waals surface area contributed by atoms with Gasteiger partial charge in [0, 0.05) is 0 Å². The molecule has 0 heterocycles. The maximum atomic E-state index is 12.9. The molecule has 0 aliphatic carbocycles. The molecule has 0 saturated carbocycles. The van der Waals surface area contributed by atoms with Crippen LogP contribution in [0, 0.1) is 10.7 Å². The molecule has 0 spiro atoms. The predicted molar refractivity (Wildman–Crippen MR) is 190 cm³/mol. The van der Waals surface area contributed by atoms with Crippen LogP contribution in [-0.4, -0.2) is 22.2 Å². The summed E-state index contributed by atoms with van der Waals surface area (Å²) in [5, 5.41) is 24.0. The zero-order valence-electron chi connectivity index (χ0n) is 22.2. The summed E-state index contributed by atoms with van der Waals surface area (Å²) in [5.74, 6) is 0.566. The van der Waals surface area contributed by atoms with Crippen LogP contribution in [0.5, 0.6) is 17.2 Å². The van der Waals surface area contributed by atoms with Gasteiger partial charge >= 0.3 is 5.97 Å². The Morgan fingerprint density at radius 2 is 1.19 bits per heavy atom. The summed E-state index contributed by atoms with van der Waals surface area (Å²) in [6.45, 7) is 0. The van der Waals surface area contributed by atoms with Gasteiger partial charge in [0.05, 0.1) is 16.2 Å². The highest BCUT2D eigenvalue weighted by Crippen LogP contribution is 2.38. The molecule has 8 heteroatoms. The van der Waals surface area contributed by atoms with Gasteiger partial charge in [-0.2, -0.15) is 0 Å². The fraction of sp³-hybridized carbons (Fsp3) is 0.0882. The minimum Gasteiger partial charge on any atom is -0.507 e. The Morgan fingerprint density at radius 3 is 1.62 bits per heavy atom.